The summed E-state index contributed by atoms with van der Waals surface area (Å²) in [7, 11) is 0. The predicted molar refractivity (Wildman–Crippen MR) is 153 cm³/mol. The summed E-state index contributed by atoms with van der Waals surface area (Å²) in [6, 6.07) is 21.6. The van der Waals surface area contributed by atoms with Gasteiger partial charge in [0.1, 0.15) is 24.7 Å². The molecule has 0 radical (unpaired) electrons. The third-order valence-corrected chi connectivity index (χ3v) is 6.19. The maximum absolute atomic E-state index is 12.9. The van der Waals surface area contributed by atoms with Crippen LogP contribution >= 0.6 is 23.2 Å². The van der Waals surface area contributed by atoms with Gasteiger partial charge in [-0.05, 0) is 54.8 Å². The second-order valence-corrected chi connectivity index (χ2v) is 9.69. The maximum Gasteiger partial charge on any atom is 0.410 e. The van der Waals surface area contributed by atoms with E-state index in [2.05, 4.69) is 0 Å². The van der Waals surface area contributed by atoms with Gasteiger partial charge in [-0.25, -0.2) is 9.59 Å². The summed E-state index contributed by atoms with van der Waals surface area (Å²) in [5, 5.41) is 10.2. The van der Waals surface area contributed by atoms with Gasteiger partial charge < -0.3 is 29.0 Å². The first-order chi connectivity index (χ1) is 19.3. The fourth-order valence-electron chi connectivity index (χ4n) is 3.79. The lowest BCUT2D eigenvalue weighted by Crippen LogP contribution is -2.36. The molecular weight excluding hydrogens is 557 g/mol. The van der Waals surface area contributed by atoms with Gasteiger partial charge in [0.2, 0.25) is 0 Å². The highest BCUT2D eigenvalue weighted by molar-refractivity contribution is 6.34. The molecule has 3 rings (SSSR count). The van der Waals surface area contributed by atoms with Gasteiger partial charge in [-0.3, -0.25) is 0 Å². The first kappa shape index (κ1) is 31.1. The lowest BCUT2D eigenvalue weighted by Gasteiger charge is -2.22. The average Bonchev–Trinajstić information content (AvgIpc) is 2.93. The van der Waals surface area contributed by atoms with Crippen molar-refractivity contribution in [3.63, 3.8) is 0 Å². The molecule has 8 nitrogen and oxygen atoms in total. The number of nitrogens with zero attached hydrogens (tertiary/aromatic N) is 1. The second-order valence-electron chi connectivity index (χ2n) is 8.81. The molecule has 0 spiro atoms. The highest BCUT2D eigenvalue weighted by Crippen LogP contribution is 2.24. The molecule has 214 valence electrons. The molecule has 1 N–H and O–H groups in total. The zero-order chi connectivity index (χ0) is 28.7. The largest absolute Gasteiger partial charge is 0.493 e. The molecule has 1 unspecified atom stereocenters. The van der Waals surface area contributed by atoms with Crippen LogP contribution in [0.3, 0.4) is 0 Å². The number of benzene rings is 3. The number of aliphatic carboxylic acids is 1. The molecule has 10 heteroatoms. The van der Waals surface area contributed by atoms with Crippen LogP contribution in [0.1, 0.15) is 24.5 Å². The average molecular weight is 591 g/mol. The van der Waals surface area contributed by atoms with Crippen LogP contribution in [0.15, 0.2) is 72.8 Å². The van der Waals surface area contributed by atoms with E-state index >= 15 is 0 Å². The van der Waals surface area contributed by atoms with Crippen LogP contribution in [0.4, 0.5) is 4.79 Å². The Balaban J connectivity index is 1.52. The Labute approximate surface area is 244 Å². The summed E-state index contributed by atoms with van der Waals surface area (Å²) in [6.45, 7) is 3.51. The van der Waals surface area contributed by atoms with E-state index in [1.54, 1.807) is 54.3 Å². The van der Waals surface area contributed by atoms with E-state index in [0.29, 0.717) is 54.3 Å². The number of hydrogen-bond acceptors (Lipinski definition) is 6. The quantitative estimate of drug-likeness (QED) is 0.190. The molecule has 0 aromatic heterocycles. The van der Waals surface area contributed by atoms with Crippen LogP contribution in [0, 0.1) is 0 Å². The molecule has 0 aliphatic carbocycles. The number of hydrogen-bond donors (Lipinski definition) is 1. The number of carboxylic acids is 1. The van der Waals surface area contributed by atoms with Crippen LogP contribution in [0.2, 0.25) is 10.0 Å². The van der Waals surface area contributed by atoms with Crippen molar-refractivity contribution in [2.24, 2.45) is 0 Å². The van der Waals surface area contributed by atoms with E-state index in [0.717, 1.165) is 11.1 Å². The number of carboxylic acid groups (broad SMARTS) is 1. The van der Waals surface area contributed by atoms with Crippen LogP contribution in [0.25, 0.3) is 0 Å². The normalized spacial score (nSPS) is 11.5. The van der Waals surface area contributed by atoms with E-state index < -0.39 is 18.2 Å². The molecule has 40 heavy (non-hydrogen) atoms. The highest BCUT2D eigenvalue weighted by atomic mass is 35.5. The Bertz CT molecular complexity index is 1190. The molecule has 0 aliphatic rings. The fraction of sp³-hybridized carbons (Fsp3) is 0.333. The Morgan fingerprint density at radius 2 is 1.52 bits per heavy atom. The van der Waals surface area contributed by atoms with Crippen molar-refractivity contribution in [1.82, 2.24) is 4.90 Å². The first-order valence-electron chi connectivity index (χ1n) is 12.9. The van der Waals surface area contributed by atoms with Crippen molar-refractivity contribution in [3.05, 3.63) is 94.0 Å². The summed E-state index contributed by atoms with van der Waals surface area (Å²) in [4.78, 5) is 25.8. The third-order valence-electron chi connectivity index (χ3n) is 5.76. The molecule has 3 aromatic carbocycles. The standard InChI is InChI=1S/C30H33Cl2NO7/c1-2-37-28(29(34)35)17-22-9-11-26(12-10-22)39-16-14-33(30(36)40-21-23-7-4-3-5-8-23)13-6-15-38-27-19-24(31)18-25(32)20-27/h3-5,7-12,18-20,28H,2,6,13-17,21H2,1H3,(H,34,35). The molecule has 0 fully saturated rings. The highest BCUT2D eigenvalue weighted by Gasteiger charge is 2.18. The molecule has 0 heterocycles. The summed E-state index contributed by atoms with van der Waals surface area (Å²) in [5.41, 5.74) is 1.71. The molecule has 0 bridgehead atoms. The van der Waals surface area contributed by atoms with E-state index in [1.807, 2.05) is 30.3 Å². The van der Waals surface area contributed by atoms with Crippen LogP contribution < -0.4 is 9.47 Å². The fourth-order valence-corrected chi connectivity index (χ4v) is 4.30. The number of carbonyl (C=O) groups is 2. The van der Waals surface area contributed by atoms with Gasteiger partial charge in [0.15, 0.2) is 6.10 Å². The van der Waals surface area contributed by atoms with Crippen molar-refractivity contribution < 1.29 is 33.6 Å². The molecule has 0 saturated carbocycles. The monoisotopic (exact) mass is 589 g/mol. The van der Waals surface area contributed by atoms with E-state index in [1.165, 1.54) is 0 Å². The van der Waals surface area contributed by atoms with Gasteiger partial charge in [-0.15, -0.1) is 0 Å². The minimum absolute atomic E-state index is 0.162. The zero-order valence-electron chi connectivity index (χ0n) is 22.3. The number of halogens is 2. The SMILES string of the molecule is CCOC(Cc1ccc(OCCN(CCCOc2cc(Cl)cc(Cl)c2)C(=O)OCc2ccccc2)cc1)C(=O)O. The van der Waals surface area contributed by atoms with E-state index in [-0.39, 0.29) is 19.6 Å². The molecule has 1 amide bonds. The number of carbonyl (C=O) groups excluding carboxylic acids is 1. The van der Waals surface area contributed by atoms with Gasteiger partial charge in [0, 0.05) is 29.6 Å². The van der Waals surface area contributed by atoms with Crippen molar-refractivity contribution in [2.45, 2.75) is 32.5 Å². The topological polar surface area (TPSA) is 94.5 Å². The predicted octanol–water partition coefficient (Wildman–Crippen LogP) is 6.51. The van der Waals surface area contributed by atoms with Crippen LogP contribution in [-0.2, 0) is 27.3 Å². The van der Waals surface area contributed by atoms with Crippen LogP contribution in [0.5, 0.6) is 11.5 Å². The Hall–Kier alpha value is -3.46. The first-order valence-corrected chi connectivity index (χ1v) is 13.7. The van der Waals surface area contributed by atoms with Gasteiger partial charge in [0.05, 0.1) is 13.2 Å². The van der Waals surface area contributed by atoms with Gasteiger partial charge in [-0.2, -0.15) is 0 Å². The lowest BCUT2D eigenvalue weighted by atomic mass is 10.1. The molecule has 3 aromatic rings. The zero-order valence-corrected chi connectivity index (χ0v) is 23.8. The number of rotatable bonds is 16. The lowest BCUT2D eigenvalue weighted by molar-refractivity contribution is -0.149. The molecule has 0 saturated heterocycles. The minimum Gasteiger partial charge on any atom is -0.493 e. The molecular formula is C30H33Cl2NO7. The third kappa shape index (κ3) is 11.0. The smallest absolute Gasteiger partial charge is 0.410 e. The minimum atomic E-state index is -0.997. The summed E-state index contributed by atoms with van der Waals surface area (Å²) < 4.78 is 22.4. The van der Waals surface area contributed by atoms with E-state index in [4.69, 9.17) is 42.1 Å². The Morgan fingerprint density at radius 3 is 2.17 bits per heavy atom. The summed E-state index contributed by atoms with van der Waals surface area (Å²) in [6.07, 6.45) is -0.547. The van der Waals surface area contributed by atoms with Crippen molar-refractivity contribution in [3.8, 4) is 11.5 Å². The van der Waals surface area contributed by atoms with Crippen molar-refractivity contribution >= 4 is 35.3 Å². The van der Waals surface area contributed by atoms with Gasteiger partial charge in [0.25, 0.3) is 0 Å². The van der Waals surface area contributed by atoms with Gasteiger partial charge >= 0.3 is 12.1 Å². The Morgan fingerprint density at radius 1 is 0.850 bits per heavy atom. The molecule has 1 atom stereocenters. The van der Waals surface area contributed by atoms with Crippen LogP contribution in [-0.4, -0.2) is 61.1 Å². The van der Waals surface area contributed by atoms with Gasteiger partial charge in [-0.1, -0.05) is 65.7 Å². The number of ether oxygens (including phenoxy) is 4. The molecule has 0 aliphatic heterocycles. The summed E-state index contributed by atoms with van der Waals surface area (Å²) >= 11 is 12.1. The maximum atomic E-state index is 12.9. The second kappa shape index (κ2) is 16.6. The van der Waals surface area contributed by atoms with E-state index in [9.17, 15) is 14.7 Å². The summed E-state index contributed by atoms with van der Waals surface area (Å²) in [5.74, 6) is 0.160. The number of amides is 1. The Kier molecular flexibility index (Phi) is 12.9. The van der Waals surface area contributed by atoms with Crippen molar-refractivity contribution in [2.75, 3.05) is 32.9 Å². The van der Waals surface area contributed by atoms with Crippen molar-refractivity contribution in [1.29, 1.82) is 0 Å².